The second-order valence-corrected chi connectivity index (χ2v) is 7.26. The SMILES string of the molecule is CCc1nn(CC)c(CS(=O)C(C(=O)O)C(C)C)c1Br. The molecule has 1 rings (SSSR count). The molecule has 1 aromatic heterocycles. The fraction of sp³-hybridized carbons (Fsp3) is 0.692. The van der Waals surface area contributed by atoms with Crippen LogP contribution in [0.1, 0.15) is 39.1 Å². The number of aryl methyl sites for hydroxylation is 2. The van der Waals surface area contributed by atoms with Gasteiger partial charge in [-0.1, -0.05) is 20.8 Å². The first-order chi connectivity index (χ1) is 9.33. The molecular weight excluding hydrogens is 344 g/mol. The fourth-order valence-electron chi connectivity index (χ4n) is 2.08. The lowest BCUT2D eigenvalue weighted by Crippen LogP contribution is -2.32. The van der Waals surface area contributed by atoms with Crippen molar-refractivity contribution >= 4 is 32.7 Å². The van der Waals surface area contributed by atoms with Gasteiger partial charge in [0, 0.05) is 17.3 Å². The molecule has 5 nitrogen and oxygen atoms in total. The molecule has 0 fully saturated rings. The van der Waals surface area contributed by atoms with Gasteiger partial charge >= 0.3 is 5.97 Å². The van der Waals surface area contributed by atoms with E-state index in [1.54, 1.807) is 18.5 Å². The van der Waals surface area contributed by atoms with Crippen molar-refractivity contribution in [2.24, 2.45) is 5.92 Å². The van der Waals surface area contributed by atoms with Crippen molar-refractivity contribution < 1.29 is 14.1 Å². The van der Waals surface area contributed by atoms with Gasteiger partial charge in [-0.2, -0.15) is 5.10 Å². The van der Waals surface area contributed by atoms with E-state index in [-0.39, 0.29) is 11.7 Å². The first kappa shape index (κ1) is 17.4. The monoisotopic (exact) mass is 364 g/mol. The highest BCUT2D eigenvalue weighted by Gasteiger charge is 2.29. The summed E-state index contributed by atoms with van der Waals surface area (Å²) in [5.41, 5.74) is 1.73. The van der Waals surface area contributed by atoms with Gasteiger partial charge in [0.25, 0.3) is 0 Å². The number of carboxylic acids is 1. The molecule has 20 heavy (non-hydrogen) atoms. The molecule has 0 bridgehead atoms. The van der Waals surface area contributed by atoms with E-state index < -0.39 is 22.0 Å². The molecule has 1 aromatic rings. The highest BCUT2D eigenvalue weighted by atomic mass is 79.9. The molecule has 0 saturated heterocycles. The summed E-state index contributed by atoms with van der Waals surface area (Å²) in [6.07, 6.45) is 0.778. The molecule has 7 heteroatoms. The van der Waals surface area contributed by atoms with Gasteiger partial charge in [-0.25, -0.2) is 0 Å². The lowest BCUT2D eigenvalue weighted by atomic mass is 10.1. The lowest BCUT2D eigenvalue weighted by molar-refractivity contribution is -0.137. The Morgan fingerprint density at radius 1 is 1.45 bits per heavy atom. The van der Waals surface area contributed by atoms with E-state index in [2.05, 4.69) is 21.0 Å². The van der Waals surface area contributed by atoms with Crippen molar-refractivity contribution in [3.8, 4) is 0 Å². The number of carbonyl (C=O) groups is 1. The molecular formula is C13H21BrN2O3S. The quantitative estimate of drug-likeness (QED) is 0.806. The second kappa shape index (κ2) is 7.36. The summed E-state index contributed by atoms with van der Waals surface area (Å²) in [6, 6.07) is 0. The van der Waals surface area contributed by atoms with E-state index >= 15 is 0 Å². The van der Waals surface area contributed by atoms with E-state index in [1.165, 1.54) is 0 Å². The summed E-state index contributed by atoms with van der Waals surface area (Å²) in [5, 5.41) is 12.8. The van der Waals surface area contributed by atoms with Gasteiger partial charge in [0.1, 0.15) is 5.25 Å². The summed E-state index contributed by atoms with van der Waals surface area (Å²) < 4.78 is 15.0. The molecule has 0 aliphatic carbocycles. The fourth-order valence-corrected chi connectivity index (χ4v) is 4.55. The Hall–Kier alpha value is -0.690. The van der Waals surface area contributed by atoms with E-state index in [4.69, 9.17) is 0 Å². The zero-order chi connectivity index (χ0) is 15.4. The summed E-state index contributed by atoms with van der Waals surface area (Å²) in [6.45, 7) is 8.19. The first-order valence-electron chi connectivity index (χ1n) is 6.67. The van der Waals surface area contributed by atoms with Crippen LogP contribution in [0.3, 0.4) is 0 Å². The number of carboxylic acid groups (broad SMARTS) is 1. The number of rotatable bonds is 7. The van der Waals surface area contributed by atoms with Gasteiger partial charge < -0.3 is 5.11 Å². The van der Waals surface area contributed by atoms with Crippen LogP contribution < -0.4 is 0 Å². The van der Waals surface area contributed by atoms with Crippen molar-refractivity contribution in [3.63, 3.8) is 0 Å². The number of nitrogens with zero attached hydrogens (tertiary/aromatic N) is 2. The highest BCUT2D eigenvalue weighted by molar-refractivity contribution is 9.10. The average molecular weight is 365 g/mol. The maximum Gasteiger partial charge on any atom is 0.319 e. The Bertz CT molecular complexity index is 514. The molecule has 1 heterocycles. The van der Waals surface area contributed by atoms with E-state index in [0.29, 0.717) is 6.54 Å². The summed E-state index contributed by atoms with van der Waals surface area (Å²) in [4.78, 5) is 11.2. The third kappa shape index (κ3) is 3.69. The van der Waals surface area contributed by atoms with Crippen molar-refractivity contribution in [1.82, 2.24) is 9.78 Å². The minimum atomic E-state index is -1.47. The van der Waals surface area contributed by atoms with Crippen LogP contribution >= 0.6 is 15.9 Å². The first-order valence-corrected chi connectivity index (χ1v) is 8.84. The summed E-state index contributed by atoms with van der Waals surface area (Å²) >= 11 is 3.49. The van der Waals surface area contributed by atoms with Crippen LogP contribution in [-0.2, 0) is 34.3 Å². The lowest BCUT2D eigenvalue weighted by Gasteiger charge is -2.16. The van der Waals surface area contributed by atoms with Gasteiger partial charge in [-0.15, -0.1) is 0 Å². The zero-order valence-corrected chi connectivity index (χ0v) is 14.6. The summed E-state index contributed by atoms with van der Waals surface area (Å²) in [7, 11) is -1.47. The number of aromatic nitrogens is 2. The van der Waals surface area contributed by atoms with E-state index in [1.807, 2.05) is 13.8 Å². The molecule has 1 N–H and O–H groups in total. The largest absolute Gasteiger partial charge is 0.480 e. The Labute approximate surface area is 130 Å². The molecule has 114 valence electrons. The molecule has 0 aliphatic rings. The molecule has 0 amide bonds. The van der Waals surface area contributed by atoms with Crippen molar-refractivity contribution in [3.05, 3.63) is 15.9 Å². The van der Waals surface area contributed by atoms with Crippen LogP contribution in [0.2, 0.25) is 0 Å². The minimum Gasteiger partial charge on any atom is -0.480 e. The van der Waals surface area contributed by atoms with E-state index in [9.17, 15) is 14.1 Å². The van der Waals surface area contributed by atoms with Crippen molar-refractivity contribution in [2.45, 2.75) is 51.7 Å². The van der Waals surface area contributed by atoms with Crippen LogP contribution in [-0.4, -0.2) is 30.3 Å². The second-order valence-electron chi connectivity index (χ2n) is 4.90. The number of halogens is 1. The molecule has 2 unspecified atom stereocenters. The van der Waals surface area contributed by atoms with E-state index in [0.717, 1.165) is 22.3 Å². The smallest absolute Gasteiger partial charge is 0.319 e. The predicted molar refractivity (Wildman–Crippen MR) is 83.1 cm³/mol. The molecule has 0 aliphatic heterocycles. The third-order valence-corrected chi connectivity index (χ3v) is 5.89. The minimum absolute atomic E-state index is 0.171. The number of hydrogen-bond donors (Lipinski definition) is 1. The number of hydrogen-bond acceptors (Lipinski definition) is 3. The van der Waals surface area contributed by atoms with Crippen LogP contribution in [0, 0.1) is 5.92 Å². The normalized spacial score (nSPS) is 14.5. The Kier molecular flexibility index (Phi) is 6.39. The molecule has 0 radical (unpaired) electrons. The Morgan fingerprint density at radius 2 is 2.05 bits per heavy atom. The van der Waals surface area contributed by atoms with Crippen molar-refractivity contribution in [2.75, 3.05) is 0 Å². The third-order valence-electron chi connectivity index (χ3n) is 3.11. The van der Waals surface area contributed by atoms with Gasteiger partial charge in [0.05, 0.1) is 21.6 Å². The van der Waals surface area contributed by atoms with Crippen molar-refractivity contribution in [1.29, 1.82) is 0 Å². The van der Waals surface area contributed by atoms with Gasteiger partial charge in [0.2, 0.25) is 0 Å². The molecule has 2 atom stereocenters. The Morgan fingerprint density at radius 3 is 2.45 bits per heavy atom. The van der Waals surface area contributed by atoms with Gasteiger partial charge in [0.15, 0.2) is 0 Å². The predicted octanol–water partition coefficient (Wildman–Crippen LogP) is 2.59. The van der Waals surface area contributed by atoms with Gasteiger partial charge in [-0.05, 0) is 35.2 Å². The van der Waals surface area contributed by atoms with Crippen LogP contribution in [0.5, 0.6) is 0 Å². The maximum atomic E-state index is 12.4. The van der Waals surface area contributed by atoms with Crippen LogP contribution in [0.25, 0.3) is 0 Å². The standard InChI is InChI=1S/C13H21BrN2O3S/c1-5-9-11(14)10(16(6-2)15-9)7-20(19)12(8(3)4)13(17)18/h8,12H,5-7H2,1-4H3,(H,17,18). The molecule has 0 saturated carbocycles. The zero-order valence-electron chi connectivity index (χ0n) is 12.2. The summed E-state index contributed by atoms with van der Waals surface area (Å²) in [5.74, 6) is -0.972. The molecule has 0 spiro atoms. The number of aliphatic carboxylic acids is 1. The molecule has 0 aromatic carbocycles. The topological polar surface area (TPSA) is 72.2 Å². The van der Waals surface area contributed by atoms with Gasteiger partial charge in [-0.3, -0.25) is 13.7 Å². The average Bonchev–Trinajstić information content (AvgIpc) is 2.65. The van der Waals surface area contributed by atoms with Crippen LogP contribution in [0.15, 0.2) is 4.47 Å². The maximum absolute atomic E-state index is 12.4. The Balaban J connectivity index is 3.06. The highest BCUT2D eigenvalue weighted by Crippen LogP contribution is 2.25. The van der Waals surface area contributed by atoms with Crippen LogP contribution in [0.4, 0.5) is 0 Å².